The molecule has 0 bridgehead atoms. The molecular weight excluding hydrogens is 421 g/mol. The van der Waals surface area contributed by atoms with Crippen LogP contribution in [0.3, 0.4) is 0 Å². The lowest BCUT2D eigenvalue weighted by Crippen LogP contribution is -2.38. The van der Waals surface area contributed by atoms with Gasteiger partial charge in [0.25, 0.3) is 11.8 Å². The molecule has 2 heterocycles. The van der Waals surface area contributed by atoms with E-state index in [0.717, 1.165) is 24.5 Å². The average molecular weight is 444 g/mol. The quantitative estimate of drug-likeness (QED) is 0.645. The molecule has 5 nitrogen and oxygen atoms in total. The van der Waals surface area contributed by atoms with Gasteiger partial charge in [-0.1, -0.05) is 29.3 Å². The van der Waals surface area contributed by atoms with Gasteiger partial charge in [0.05, 0.1) is 10.6 Å². The Bertz CT molecular complexity index is 1030. The van der Waals surface area contributed by atoms with Crippen LogP contribution < -0.4 is 10.2 Å². The van der Waals surface area contributed by atoms with Crippen LogP contribution in [-0.2, 0) is 9.59 Å². The van der Waals surface area contributed by atoms with Crippen molar-refractivity contribution in [1.82, 2.24) is 4.90 Å². The summed E-state index contributed by atoms with van der Waals surface area (Å²) in [5.41, 5.74) is 2.87. The molecule has 1 N–H and O–H groups in total. The smallest absolute Gasteiger partial charge is 0.278 e. The van der Waals surface area contributed by atoms with Crippen LogP contribution >= 0.6 is 23.2 Å². The predicted molar refractivity (Wildman–Crippen MR) is 122 cm³/mol. The minimum Gasteiger partial charge on any atom is -0.372 e. The number of nitrogens with zero attached hydrogens (tertiary/aromatic N) is 2. The molecule has 0 spiro atoms. The Balaban J connectivity index is 1.71. The van der Waals surface area contributed by atoms with Crippen molar-refractivity contribution < 1.29 is 9.59 Å². The zero-order valence-electron chi connectivity index (χ0n) is 16.9. The topological polar surface area (TPSA) is 52.7 Å². The van der Waals surface area contributed by atoms with Crippen molar-refractivity contribution >= 4 is 52.0 Å². The average Bonchev–Trinajstić information content (AvgIpc) is 3.31. The highest BCUT2D eigenvalue weighted by Crippen LogP contribution is 2.36. The lowest BCUT2D eigenvalue weighted by atomic mass is 10.0. The Hall–Kier alpha value is -2.50. The van der Waals surface area contributed by atoms with E-state index in [4.69, 9.17) is 23.2 Å². The molecule has 0 aromatic heterocycles. The summed E-state index contributed by atoms with van der Waals surface area (Å²) in [5.74, 6) is -0.727. The zero-order valence-corrected chi connectivity index (χ0v) is 18.4. The summed E-state index contributed by atoms with van der Waals surface area (Å²) in [6, 6.07) is 12.6. The Kier molecular flexibility index (Phi) is 5.76. The van der Waals surface area contributed by atoms with Crippen LogP contribution in [0.2, 0.25) is 10.0 Å². The van der Waals surface area contributed by atoms with Gasteiger partial charge in [0, 0.05) is 41.1 Å². The fourth-order valence-electron chi connectivity index (χ4n) is 3.95. The standard InChI is InChI=1S/C23H23Cl2N3O2/c1-14(2)28-22(29)20(18-10-5-15(24)13-19(18)25)21(23(28)30)26-16-6-8-17(9-7-16)27-11-3-4-12-27/h5-10,13-14,26H,3-4,11-12H2,1-2H3. The summed E-state index contributed by atoms with van der Waals surface area (Å²) in [7, 11) is 0. The molecule has 0 unspecified atom stereocenters. The molecular formula is C23H23Cl2N3O2. The number of amides is 2. The molecule has 2 aromatic carbocycles. The van der Waals surface area contributed by atoms with E-state index < -0.39 is 0 Å². The Morgan fingerprint density at radius 3 is 2.20 bits per heavy atom. The lowest BCUT2D eigenvalue weighted by Gasteiger charge is -2.20. The minimum atomic E-state index is -0.365. The van der Waals surface area contributed by atoms with E-state index >= 15 is 0 Å². The molecule has 0 atom stereocenters. The Labute approximate surface area is 186 Å². The second-order valence-corrected chi connectivity index (χ2v) is 8.66. The molecule has 2 aromatic rings. The van der Waals surface area contributed by atoms with E-state index in [9.17, 15) is 9.59 Å². The highest BCUT2D eigenvalue weighted by Gasteiger charge is 2.41. The highest BCUT2D eigenvalue weighted by atomic mass is 35.5. The molecule has 1 fully saturated rings. The second-order valence-electron chi connectivity index (χ2n) is 7.81. The number of nitrogens with one attached hydrogen (secondary N) is 1. The van der Waals surface area contributed by atoms with Gasteiger partial charge in [0.15, 0.2) is 0 Å². The van der Waals surface area contributed by atoms with Crippen LogP contribution in [0.5, 0.6) is 0 Å². The van der Waals surface area contributed by atoms with Crippen molar-refractivity contribution in [2.24, 2.45) is 0 Å². The van der Waals surface area contributed by atoms with Crippen LogP contribution in [0.25, 0.3) is 5.57 Å². The molecule has 0 radical (unpaired) electrons. The third-order valence-electron chi connectivity index (χ3n) is 5.44. The molecule has 0 aliphatic carbocycles. The number of carbonyl (C=O) groups is 2. The number of rotatable bonds is 5. The van der Waals surface area contributed by atoms with E-state index in [1.807, 2.05) is 38.1 Å². The maximum absolute atomic E-state index is 13.1. The van der Waals surface area contributed by atoms with E-state index in [1.54, 1.807) is 18.2 Å². The lowest BCUT2D eigenvalue weighted by molar-refractivity contribution is -0.138. The molecule has 2 amide bonds. The monoisotopic (exact) mass is 443 g/mol. The molecule has 2 aliphatic heterocycles. The van der Waals surface area contributed by atoms with Crippen molar-refractivity contribution in [3.63, 3.8) is 0 Å². The number of hydrogen-bond donors (Lipinski definition) is 1. The van der Waals surface area contributed by atoms with Gasteiger partial charge in [-0.15, -0.1) is 0 Å². The first-order valence-corrected chi connectivity index (χ1v) is 10.8. The van der Waals surface area contributed by atoms with Crippen LogP contribution in [0, 0.1) is 0 Å². The van der Waals surface area contributed by atoms with Gasteiger partial charge in [0.1, 0.15) is 5.70 Å². The maximum atomic E-state index is 13.1. The number of hydrogen-bond acceptors (Lipinski definition) is 4. The van der Waals surface area contributed by atoms with E-state index in [0.29, 0.717) is 15.6 Å². The first kappa shape index (κ1) is 20.8. The fraction of sp³-hybridized carbons (Fsp3) is 0.304. The number of benzene rings is 2. The van der Waals surface area contributed by atoms with Crippen molar-refractivity contribution in [1.29, 1.82) is 0 Å². The Morgan fingerprint density at radius 2 is 1.60 bits per heavy atom. The molecule has 4 rings (SSSR count). The first-order chi connectivity index (χ1) is 14.4. The van der Waals surface area contributed by atoms with Crippen molar-refractivity contribution in [2.45, 2.75) is 32.7 Å². The van der Waals surface area contributed by atoms with E-state index in [-0.39, 0.29) is 29.1 Å². The third kappa shape index (κ3) is 3.80. The zero-order chi connectivity index (χ0) is 21.4. The molecule has 1 saturated heterocycles. The van der Waals surface area contributed by atoms with Crippen LogP contribution in [-0.4, -0.2) is 35.8 Å². The van der Waals surface area contributed by atoms with E-state index in [1.165, 1.54) is 17.7 Å². The maximum Gasteiger partial charge on any atom is 0.278 e. The van der Waals surface area contributed by atoms with Crippen LogP contribution in [0.4, 0.5) is 11.4 Å². The fourth-order valence-corrected chi connectivity index (χ4v) is 4.45. The summed E-state index contributed by atoms with van der Waals surface area (Å²) in [5, 5.41) is 3.96. The van der Waals surface area contributed by atoms with Gasteiger partial charge in [0.2, 0.25) is 0 Å². The summed E-state index contributed by atoms with van der Waals surface area (Å²) >= 11 is 12.4. The third-order valence-corrected chi connectivity index (χ3v) is 5.99. The predicted octanol–water partition coefficient (Wildman–Crippen LogP) is 5.19. The summed E-state index contributed by atoms with van der Waals surface area (Å²) in [6.45, 7) is 5.75. The Morgan fingerprint density at radius 1 is 0.933 bits per heavy atom. The SMILES string of the molecule is CC(C)N1C(=O)C(Nc2ccc(N3CCCC3)cc2)=C(c2ccc(Cl)cc2Cl)C1=O. The largest absolute Gasteiger partial charge is 0.372 e. The minimum absolute atomic E-state index is 0.229. The first-order valence-electron chi connectivity index (χ1n) is 10.1. The molecule has 7 heteroatoms. The highest BCUT2D eigenvalue weighted by molar-refractivity contribution is 6.41. The summed E-state index contributed by atoms with van der Waals surface area (Å²) in [4.78, 5) is 29.8. The normalized spacial score (nSPS) is 17.0. The molecule has 0 saturated carbocycles. The summed E-state index contributed by atoms with van der Waals surface area (Å²) in [6.07, 6.45) is 2.42. The van der Waals surface area contributed by atoms with E-state index in [2.05, 4.69) is 10.2 Å². The van der Waals surface area contributed by atoms with Crippen molar-refractivity contribution in [2.75, 3.05) is 23.3 Å². The number of carbonyl (C=O) groups excluding carboxylic acids is 2. The molecule has 2 aliphatic rings. The van der Waals surface area contributed by atoms with Gasteiger partial charge in [-0.05, 0) is 63.1 Å². The van der Waals surface area contributed by atoms with Crippen LogP contribution in [0.15, 0.2) is 48.2 Å². The number of halogens is 2. The van der Waals surface area contributed by atoms with Crippen molar-refractivity contribution in [3.8, 4) is 0 Å². The molecule has 156 valence electrons. The van der Waals surface area contributed by atoms with Gasteiger partial charge in [-0.3, -0.25) is 14.5 Å². The number of anilines is 2. The van der Waals surface area contributed by atoms with Crippen LogP contribution in [0.1, 0.15) is 32.3 Å². The van der Waals surface area contributed by atoms with Gasteiger partial charge >= 0.3 is 0 Å². The second kappa shape index (κ2) is 8.32. The van der Waals surface area contributed by atoms with Crippen molar-refractivity contribution in [3.05, 3.63) is 63.8 Å². The molecule has 30 heavy (non-hydrogen) atoms. The van der Waals surface area contributed by atoms with Gasteiger partial charge < -0.3 is 10.2 Å². The van der Waals surface area contributed by atoms with Gasteiger partial charge in [-0.25, -0.2) is 0 Å². The summed E-state index contributed by atoms with van der Waals surface area (Å²) < 4.78 is 0. The number of imide groups is 1. The van der Waals surface area contributed by atoms with Gasteiger partial charge in [-0.2, -0.15) is 0 Å².